The molecule has 17 heavy (non-hydrogen) atoms. The lowest BCUT2D eigenvalue weighted by Crippen LogP contribution is -2.60. The third-order valence-corrected chi connectivity index (χ3v) is 4.22. The Bertz CT molecular complexity index is 457. The summed E-state index contributed by atoms with van der Waals surface area (Å²) in [4.78, 5) is 10.9. The minimum atomic E-state index is -1.26. The molecule has 0 aliphatic heterocycles. The summed E-state index contributed by atoms with van der Waals surface area (Å²) in [6.07, 6.45) is 3.13. The van der Waals surface area contributed by atoms with E-state index >= 15 is 0 Å². The Hall–Kier alpha value is -1.19. The summed E-state index contributed by atoms with van der Waals surface area (Å²) in [7, 11) is 0.0986. The zero-order chi connectivity index (χ0) is 12.7. The van der Waals surface area contributed by atoms with Crippen molar-refractivity contribution < 1.29 is 9.53 Å². The molecule has 90 valence electrons. The second-order valence-corrected chi connectivity index (χ2v) is 11.1. The van der Waals surface area contributed by atoms with Crippen LogP contribution in [0.4, 0.5) is 0 Å². The maximum absolute atomic E-state index is 10.9. The molecule has 3 saturated carbocycles. The summed E-state index contributed by atoms with van der Waals surface area (Å²) in [6.45, 7) is 6.79. The minimum Gasteiger partial charge on any atom is -0.459 e. The molecule has 3 aliphatic carbocycles. The lowest BCUT2D eigenvalue weighted by atomic mass is 9.36. The van der Waals surface area contributed by atoms with Gasteiger partial charge < -0.3 is 4.74 Å². The third kappa shape index (κ3) is 2.40. The highest BCUT2D eigenvalue weighted by atomic mass is 28.3. The number of ether oxygens (including phenoxy) is 1. The fourth-order valence-electron chi connectivity index (χ4n) is 2.61. The van der Waals surface area contributed by atoms with Gasteiger partial charge >= 0.3 is 5.97 Å². The topological polar surface area (TPSA) is 26.3 Å². The monoisotopic (exact) mass is 246 g/mol. The van der Waals surface area contributed by atoms with Gasteiger partial charge in [0.15, 0.2) is 0 Å². The van der Waals surface area contributed by atoms with Crippen LogP contribution in [0.5, 0.6) is 0 Å². The predicted molar refractivity (Wildman–Crippen MR) is 69.6 cm³/mol. The molecule has 0 aromatic heterocycles. The van der Waals surface area contributed by atoms with Gasteiger partial charge in [-0.2, -0.15) is 0 Å². The molecule has 0 spiro atoms. The molecule has 0 aromatic rings. The molecule has 3 aliphatic rings. The predicted octanol–water partition coefficient (Wildman–Crippen LogP) is 2.21. The fourth-order valence-corrected chi connectivity index (χ4v) is 3.25. The Kier molecular flexibility index (Phi) is 2.63. The van der Waals surface area contributed by atoms with Crippen molar-refractivity contribution in [1.29, 1.82) is 0 Å². The van der Waals surface area contributed by atoms with E-state index in [-0.39, 0.29) is 10.8 Å². The van der Waals surface area contributed by atoms with Crippen LogP contribution < -0.4 is 0 Å². The Morgan fingerprint density at radius 1 is 1.12 bits per heavy atom. The van der Waals surface area contributed by atoms with Crippen LogP contribution >= 0.6 is 0 Å². The molecule has 3 rings (SSSR count). The first-order valence-electron chi connectivity index (χ1n) is 5.94. The maximum Gasteiger partial charge on any atom is 0.384 e. The molecule has 0 amide bonds. The molecule has 0 atom stereocenters. The quantitative estimate of drug-likeness (QED) is 0.283. The van der Waals surface area contributed by atoms with E-state index < -0.39 is 14.0 Å². The van der Waals surface area contributed by atoms with Gasteiger partial charge in [-0.3, -0.25) is 0 Å². The summed E-state index contributed by atoms with van der Waals surface area (Å²) in [6, 6.07) is 0. The number of esters is 1. The molecular formula is C14H18O2Si. The molecule has 2 nitrogen and oxygen atoms in total. The van der Waals surface area contributed by atoms with Crippen LogP contribution in [0.3, 0.4) is 0 Å². The molecule has 0 N–H and O–H groups in total. The zero-order valence-electron chi connectivity index (χ0n) is 10.9. The highest BCUT2D eigenvalue weighted by Crippen LogP contribution is 2.72. The Labute approximate surface area is 104 Å². The molecule has 0 saturated heterocycles. The SMILES string of the molecule is COC(=O)C#CC12CC(C#C[Si](C)(C)C)(C1)C2. The Morgan fingerprint density at radius 2 is 1.65 bits per heavy atom. The van der Waals surface area contributed by atoms with E-state index in [0.29, 0.717) is 0 Å². The lowest BCUT2D eigenvalue weighted by Gasteiger charge is -2.65. The van der Waals surface area contributed by atoms with Crippen LogP contribution in [0.25, 0.3) is 0 Å². The van der Waals surface area contributed by atoms with Gasteiger partial charge in [-0.05, 0) is 19.3 Å². The van der Waals surface area contributed by atoms with Gasteiger partial charge in [0, 0.05) is 16.8 Å². The van der Waals surface area contributed by atoms with E-state index in [4.69, 9.17) is 0 Å². The van der Waals surface area contributed by atoms with E-state index in [1.807, 2.05) is 0 Å². The lowest BCUT2D eigenvalue weighted by molar-refractivity contribution is -0.134. The normalized spacial score (nSPS) is 32.9. The molecular weight excluding hydrogens is 228 g/mol. The first-order valence-corrected chi connectivity index (χ1v) is 9.44. The highest BCUT2D eigenvalue weighted by Gasteiger charge is 2.66. The Balaban J connectivity index is 1.94. The number of hydrogen-bond donors (Lipinski definition) is 0. The van der Waals surface area contributed by atoms with Crippen LogP contribution in [0.2, 0.25) is 19.6 Å². The molecule has 2 bridgehead atoms. The smallest absolute Gasteiger partial charge is 0.384 e. The second kappa shape index (κ2) is 3.65. The molecule has 3 fully saturated rings. The van der Waals surface area contributed by atoms with Crippen molar-refractivity contribution in [2.24, 2.45) is 10.8 Å². The van der Waals surface area contributed by atoms with Crippen molar-refractivity contribution in [2.45, 2.75) is 38.9 Å². The van der Waals surface area contributed by atoms with E-state index in [1.54, 1.807) is 0 Å². The van der Waals surface area contributed by atoms with Crippen LogP contribution in [0.1, 0.15) is 19.3 Å². The number of rotatable bonds is 0. The van der Waals surface area contributed by atoms with Gasteiger partial charge in [-0.15, -0.1) is 11.5 Å². The van der Waals surface area contributed by atoms with Gasteiger partial charge in [-0.1, -0.05) is 25.6 Å². The first-order chi connectivity index (χ1) is 7.78. The maximum atomic E-state index is 10.9. The summed E-state index contributed by atoms with van der Waals surface area (Å²) in [5, 5.41) is 0. The van der Waals surface area contributed by atoms with Crippen molar-refractivity contribution in [3.63, 3.8) is 0 Å². The first kappa shape index (κ1) is 12.3. The fraction of sp³-hybridized carbons (Fsp3) is 0.643. The molecule has 0 radical (unpaired) electrons. The standard InChI is InChI=1S/C14H18O2Si/c1-16-12(15)5-6-13-9-14(10-13,11-13)7-8-17(2,3)4/h9-11H2,1-4H3. The largest absolute Gasteiger partial charge is 0.459 e. The van der Waals surface area contributed by atoms with Crippen molar-refractivity contribution in [2.75, 3.05) is 7.11 Å². The van der Waals surface area contributed by atoms with Crippen LogP contribution in [-0.2, 0) is 9.53 Å². The second-order valence-electron chi connectivity index (χ2n) is 6.33. The van der Waals surface area contributed by atoms with E-state index in [2.05, 4.69) is 47.7 Å². The molecule has 3 heteroatoms. The highest BCUT2D eigenvalue weighted by molar-refractivity contribution is 6.83. The third-order valence-electron chi connectivity index (χ3n) is 3.35. The summed E-state index contributed by atoms with van der Waals surface area (Å²) in [5.74, 6) is 8.63. The number of methoxy groups -OCH3 is 1. The van der Waals surface area contributed by atoms with Gasteiger partial charge in [0.1, 0.15) is 8.07 Å². The summed E-state index contributed by atoms with van der Waals surface area (Å²) >= 11 is 0. The number of carbonyl (C=O) groups excluding carboxylic acids is 1. The van der Waals surface area contributed by atoms with Crippen molar-refractivity contribution in [3.8, 4) is 23.3 Å². The molecule has 0 aromatic carbocycles. The van der Waals surface area contributed by atoms with Crippen LogP contribution in [0, 0.1) is 34.1 Å². The van der Waals surface area contributed by atoms with Crippen LogP contribution in [0.15, 0.2) is 0 Å². The van der Waals surface area contributed by atoms with Gasteiger partial charge in [-0.25, -0.2) is 4.79 Å². The van der Waals surface area contributed by atoms with E-state index in [1.165, 1.54) is 7.11 Å². The van der Waals surface area contributed by atoms with Gasteiger partial charge in [0.2, 0.25) is 0 Å². The number of carbonyl (C=O) groups is 1. The van der Waals surface area contributed by atoms with Gasteiger partial charge in [0.05, 0.1) is 7.11 Å². The minimum absolute atomic E-state index is 0.0856. The zero-order valence-corrected chi connectivity index (χ0v) is 11.9. The molecule has 0 heterocycles. The summed E-state index contributed by atoms with van der Waals surface area (Å²) in [5.41, 5.74) is 3.77. The van der Waals surface area contributed by atoms with Crippen LogP contribution in [-0.4, -0.2) is 21.2 Å². The Morgan fingerprint density at radius 3 is 2.12 bits per heavy atom. The van der Waals surface area contributed by atoms with Gasteiger partial charge in [0.25, 0.3) is 0 Å². The van der Waals surface area contributed by atoms with Crippen molar-refractivity contribution >= 4 is 14.0 Å². The van der Waals surface area contributed by atoms with E-state index in [0.717, 1.165) is 19.3 Å². The van der Waals surface area contributed by atoms with Crippen molar-refractivity contribution in [1.82, 2.24) is 0 Å². The number of hydrogen-bond acceptors (Lipinski definition) is 2. The molecule has 0 unspecified atom stereocenters. The average molecular weight is 246 g/mol. The average Bonchev–Trinajstić information content (AvgIpc) is 2.10. The van der Waals surface area contributed by atoms with Crippen molar-refractivity contribution in [3.05, 3.63) is 0 Å². The summed E-state index contributed by atoms with van der Waals surface area (Å²) < 4.78 is 4.51. The van der Waals surface area contributed by atoms with E-state index in [9.17, 15) is 4.79 Å².